The number of rotatable bonds is 3. The number of aryl methyl sites for hydroxylation is 1. The quantitative estimate of drug-likeness (QED) is 0.851. The Balaban J connectivity index is 2.12. The second-order valence-electron chi connectivity index (χ2n) is 4.33. The van der Waals surface area contributed by atoms with Crippen molar-refractivity contribution in [1.82, 2.24) is 5.32 Å². The molecule has 16 heavy (non-hydrogen) atoms. The monoisotopic (exact) mass is 285 g/mol. The average Bonchev–Trinajstić information content (AvgIpc) is 3.02. The summed E-state index contributed by atoms with van der Waals surface area (Å²) >= 11 is 3.37. The lowest BCUT2D eigenvalue weighted by molar-refractivity contribution is 0.0936. The molecule has 1 fully saturated rings. The van der Waals surface area contributed by atoms with Crippen LogP contribution in [0.3, 0.4) is 0 Å². The van der Waals surface area contributed by atoms with E-state index in [4.69, 9.17) is 0 Å². The Morgan fingerprint density at radius 3 is 2.75 bits per heavy atom. The molecule has 4 heteroatoms. The van der Waals surface area contributed by atoms with Crippen LogP contribution >= 0.6 is 15.9 Å². The van der Waals surface area contributed by atoms with Gasteiger partial charge < -0.3 is 5.32 Å². The highest BCUT2D eigenvalue weighted by Gasteiger charge is 2.42. The summed E-state index contributed by atoms with van der Waals surface area (Å²) in [5, 5.41) is 3.68. The minimum Gasteiger partial charge on any atom is -0.346 e. The lowest BCUT2D eigenvalue weighted by Crippen LogP contribution is -2.38. The first-order chi connectivity index (χ1) is 7.56. The van der Waals surface area contributed by atoms with Crippen LogP contribution in [-0.4, -0.2) is 16.8 Å². The first-order valence-electron chi connectivity index (χ1n) is 5.21. The molecule has 2 rings (SSSR count). The number of nitrogens with one attached hydrogen (secondary N) is 1. The van der Waals surface area contributed by atoms with Crippen LogP contribution < -0.4 is 5.32 Å². The van der Waals surface area contributed by atoms with Crippen molar-refractivity contribution >= 4 is 21.8 Å². The molecule has 0 saturated heterocycles. The molecule has 86 valence electrons. The summed E-state index contributed by atoms with van der Waals surface area (Å²) in [4.78, 5) is 11.8. The summed E-state index contributed by atoms with van der Waals surface area (Å²) < 4.78 is 13.3. The second kappa shape index (κ2) is 4.17. The summed E-state index contributed by atoms with van der Waals surface area (Å²) in [5.74, 6) is -0.535. The molecule has 0 unspecified atom stereocenters. The van der Waals surface area contributed by atoms with Gasteiger partial charge in [0.1, 0.15) is 5.82 Å². The maximum absolute atomic E-state index is 13.3. The average molecular weight is 286 g/mol. The van der Waals surface area contributed by atoms with Crippen LogP contribution in [0.5, 0.6) is 0 Å². The molecule has 1 aliphatic rings. The van der Waals surface area contributed by atoms with E-state index in [1.54, 1.807) is 19.1 Å². The molecule has 1 aliphatic carbocycles. The SMILES string of the molecule is Cc1ccc(C(=O)NC2(CBr)CC2)cc1F. The lowest BCUT2D eigenvalue weighted by Gasteiger charge is -2.14. The smallest absolute Gasteiger partial charge is 0.251 e. The molecule has 0 aliphatic heterocycles. The Bertz CT molecular complexity index is 429. The third-order valence-corrected chi connectivity index (χ3v) is 4.00. The molecule has 0 spiro atoms. The van der Waals surface area contributed by atoms with Crippen LogP contribution in [0.1, 0.15) is 28.8 Å². The van der Waals surface area contributed by atoms with Crippen LogP contribution in [-0.2, 0) is 0 Å². The minimum atomic E-state index is -0.337. The third-order valence-electron chi connectivity index (χ3n) is 2.92. The Labute approximate surface area is 102 Å². The maximum atomic E-state index is 13.3. The standard InChI is InChI=1S/C12H13BrFNO/c1-8-2-3-9(6-10(8)14)11(16)15-12(7-13)4-5-12/h2-3,6H,4-5,7H2,1H3,(H,15,16). The molecule has 1 amide bonds. The van der Waals surface area contributed by atoms with Crippen LogP contribution in [0.2, 0.25) is 0 Å². The topological polar surface area (TPSA) is 29.1 Å². The van der Waals surface area contributed by atoms with Crippen molar-refractivity contribution in [3.63, 3.8) is 0 Å². The van der Waals surface area contributed by atoms with E-state index >= 15 is 0 Å². The van der Waals surface area contributed by atoms with Gasteiger partial charge in [0.05, 0.1) is 5.54 Å². The Morgan fingerprint density at radius 2 is 2.25 bits per heavy atom. The van der Waals surface area contributed by atoms with E-state index in [0.29, 0.717) is 11.1 Å². The number of carbonyl (C=O) groups is 1. The van der Waals surface area contributed by atoms with E-state index in [1.165, 1.54) is 6.07 Å². The molecule has 1 saturated carbocycles. The van der Waals surface area contributed by atoms with Gasteiger partial charge in [0, 0.05) is 10.9 Å². The Hall–Kier alpha value is -0.900. The van der Waals surface area contributed by atoms with Crippen molar-refractivity contribution in [2.75, 3.05) is 5.33 Å². The van der Waals surface area contributed by atoms with Gasteiger partial charge in [-0.05, 0) is 37.5 Å². The van der Waals surface area contributed by atoms with Gasteiger partial charge in [0.2, 0.25) is 0 Å². The van der Waals surface area contributed by atoms with Crippen LogP contribution in [0.15, 0.2) is 18.2 Å². The molecular formula is C12H13BrFNO. The Kier molecular flexibility index (Phi) is 3.02. The number of amides is 1. The highest BCUT2D eigenvalue weighted by Crippen LogP contribution is 2.37. The van der Waals surface area contributed by atoms with Gasteiger partial charge in [0.15, 0.2) is 0 Å². The van der Waals surface area contributed by atoms with Crippen molar-refractivity contribution in [1.29, 1.82) is 0 Å². The van der Waals surface area contributed by atoms with Crippen molar-refractivity contribution in [3.05, 3.63) is 35.1 Å². The van der Waals surface area contributed by atoms with Crippen molar-refractivity contribution in [3.8, 4) is 0 Å². The van der Waals surface area contributed by atoms with E-state index < -0.39 is 0 Å². The lowest BCUT2D eigenvalue weighted by atomic mass is 10.1. The van der Waals surface area contributed by atoms with Crippen molar-refractivity contribution in [2.45, 2.75) is 25.3 Å². The minimum absolute atomic E-state index is 0.0988. The second-order valence-corrected chi connectivity index (χ2v) is 4.89. The van der Waals surface area contributed by atoms with Gasteiger partial charge in [-0.15, -0.1) is 0 Å². The van der Waals surface area contributed by atoms with E-state index in [9.17, 15) is 9.18 Å². The van der Waals surface area contributed by atoms with Gasteiger partial charge in [-0.3, -0.25) is 4.79 Å². The number of halogens is 2. The molecule has 0 aromatic heterocycles. The van der Waals surface area contributed by atoms with E-state index in [1.807, 2.05) is 0 Å². The fourth-order valence-electron chi connectivity index (χ4n) is 1.49. The maximum Gasteiger partial charge on any atom is 0.251 e. The van der Waals surface area contributed by atoms with E-state index in [0.717, 1.165) is 18.2 Å². The van der Waals surface area contributed by atoms with Gasteiger partial charge >= 0.3 is 0 Å². The molecule has 1 aromatic carbocycles. The highest BCUT2D eigenvalue weighted by molar-refractivity contribution is 9.09. The van der Waals surface area contributed by atoms with Crippen LogP contribution in [0.4, 0.5) is 4.39 Å². The van der Waals surface area contributed by atoms with Crippen molar-refractivity contribution in [2.24, 2.45) is 0 Å². The van der Waals surface area contributed by atoms with E-state index in [2.05, 4.69) is 21.2 Å². The summed E-state index contributed by atoms with van der Waals surface area (Å²) in [6.07, 6.45) is 1.97. The van der Waals surface area contributed by atoms with Crippen LogP contribution in [0.25, 0.3) is 0 Å². The fraction of sp³-hybridized carbons (Fsp3) is 0.417. The summed E-state index contributed by atoms with van der Waals surface area (Å²) in [5.41, 5.74) is 0.840. The zero-order chi connectivity index (χ0) is 11.8. The zero-order valence-corrected chi connectivity index (χ0v) is 10.6. The molecule has 1 aromatic rings. The highest BCUT2D eigenvalue weighted by atomic mass is 79.9. The number of carbonyl (C=O) groups excluding carboxylic acids is 1. The predicted molar refractivity (Wildman–Crippen MR) is 64.4 cm³/mol. The molecule has 0 bridgehead atoms. The number of hydrogen-bond donors (Lipinski definition) is 1. The summed E-state index contributed by atoms with van der Waals surface area (Å²) in [6, 6.07) is 4.56. The predicted octanol–water partition coefficient (Wildman–Crippen LogP) is 2.79. The molecule has 0 atom stereocenters. The molecule has 1 N–H and O–H groups in total. The van der Waals surface area contributed by atoms with Gasteiger partial charge in [0.25, 0.3) is 5.91 Å². The van der Waals surface area contributed by atoms with Crippen molar-refractivity contribution < 1.29 is 9.18 Å². The number of benzene rings is 1. The first kappa shape index (κ1) is 11.6. The summed E-state index contributed by atoms with van der Waals surface area (Å²) in [7, 11) is 0. The number of hydrogen-bond acceptors (Lipinski definition) is 1. The summed E-state index contributed by atoms with van der Waals surface area (Å²) in [6.45, 7) is 1.68. The largest absolute Gasteiger partial charge is 0.346 e. The molecule has 0 radical (unpaired) electrons. The third kappa shape index (κ3) is 2.26. The zero-order valence-electron chi connectivity index (χ0n) is 9.02. The number of alkyl halides is 1. The normalized spacial score (nSPS) is 16.9. The van der Waals surface area contributed by atoms with E-state index in [-0.39, 0.29) is 17.3 Å². The molecular weight excluding hydrogens is 273 g/mol. The first-order valence-corrected chi connectivity index (χ1v) is 6.33. The van der Waals surface area contributed by atoms with Crippen LogP contribution in [0, 0.1) is 12.7 Å². The van der Waals surface area contributed by atoms with Gasteiger partial charge in [-0.2, -0.15) is 0 Å². The fourth-order valence-corrected chi connectivity index (χ4v) is 2.19. The van der Waals surface area contributed by atoms with Gasteiger partial charge in [-0.1, -0.05) is 22.0 Å². The van der Waals surface area contributed by atoms with Gasteiger partial charge in [-0.25, -0.2) is 4.39 Å². The molecule has 0 heterocycles. The molecule has 2 nitrogen and oxygen atoms in total. The Morgan fingerprint density at radius 1 is 1.56 bits per heavy atom.